The molecule has 0 saturated carbocycles. The fraction of sp³-hybridized carbons (Fsp3) is 0.182. The lowest BCUT2D eigenvalue weighted by Gasteiger charge is -2.04. The van der Waals surface area contributed by atoms with E-state index in [0.29, 0.717) is 17.1 Å². The zero-order chi connectivity index (χ0) is 11.3. The van der Waals surface area contributed by atoms with Crippen LogP contribution in [0.5, 0.6) is 5.75 Å². The molecule has 0 unspecified atom stereocenters. The topological polar surface area (TPSA) is 46.5 Å². The summed E-state index contributed by atoms with van der Waals surface area (Å²) in [6, 6.07) is 4.71. The van der Waals surface area contributed by atoms with Crippen molar-refractivity contribution in [2.45, 2.75) is 0 Å². The molecule has 1 aromatic carbocycles. The molecule has 1 aromatic rings. The first kappa shape index (κ1) is 11.5. The van der Waals surface area contributed by atoms with Crippen LogP contribution in [0.3, 0.4) is 0 Å². The number of aromatic carboxylic acids is 1. The van der Waals surface area contributed by atoms with Crippen LogP contribution in [0.1, 0.15) is 15.9 Å². The van der Waals surface area contributed by atoms with Crippen LogP contribution in [0.4, 0.5) is 0 Å². The van der Waals surface area contributed by atoms with Crippen molar-refractivity contribution in [2.75, 3.05) is 12.9 Å². The van der Waals surface area contributed by atoms with Crippen LogP contribution in [0.25, 0.3) is 0 Å². The number of hydrogen-bond acceptors (Lipinski definition) is 3. The number of rotatable bonds is 2. The molecule has 0 bridgehead atoms. The summed E-state index contributed by atoms with van der Waals surface area (Å²) in [7, 11) is 1.43. The van der Waals surface area contributed by atoms with Crippen molar-refractivity contribution in [1.29, 1.82) is 0 Å². The third kappa shape index (κ3) is 2.93. The van der Waals surface area contributed by atoms with Gasteiger partial charge in [0.05, 0.1) is 12.9 Å². The van der Waals surface area contributed by atoms with Gasteiger partial charge in [0.1, 0.15) is 11.3 Å². The van der Waals surface area contributed by atoms with E-state index in [1.165, 1.54) is 13.2 Å². The molecule has 1 N–H and O–H groups in total. The summed E-state index contributed by atoms with van der Waals surface area (Å²) in [6.45, 7) is 0. The second-order valence-electron chi connectivity index (χ2n) is 2.68. The van der Waals surface area contributed by atoms with E-state index in [0.717, 1.165) is 0 Å². The number of benzene rings is 1. The molecule has 0 aromatic heterocycles. The van der Waals surface area contributed by atoms with Gasteiger partial charge in [-0.05, 0) is 18.2 Å². The summed E-state index contributed by atoms with van der Waals surface area (Å²) >= 11 is 3.95. The molecule has 1 rings (SSSR count). The Bertz CT molecular complexity index is 429. The molecule has 0 atom stereocenters. The van der Waals surface area contributed by atoms with Crippen LogP contribution in [0.2, 0.25) is 0 Å². The maximum absolute atomic E-state index is 10.8. The molecule has 0 amide bonds. The summed E-state index contributed by atoms with van der Waals surface area (Å²) in [5.41, 5.74) is 0.847. The van der Waals surface area contributed by atoms with Crippen LogP contribution < -0.4 is 4.74 Å². The van der Waals surface area contributed by atoms with E-state index in [1.54, 1.807) is 12.1 Å². The highest BCUT2D eigenvalue weighted by Gasteiger charge is 2.10. The number of hydrogen-bond donors (Lipinski definition) is 2. The van der Waals surface area contributed by atoms with Crippen molar-refractivity contribution in [3.63, 3.8) is 0 Å². The first-order valence-electron chi connectivity index (χ1n) is 4.20. The lowest BCUT2D eigenvalue weighted by atomic mass is 10.1. The number of carbonyl (C=O) groups is 1. The van der Waals surface area contributed by atoms with Gasteiger partial charge in [0.25, 0.3) is 0 Å². The average molecular weight is 222 g/mol. The number of thiol groups is 1. The molecule has 0 aliphatic rings. The van der Waals surface area contributed by atoms with Gasteiger partial charge in [-0.15, -0.1) is 0 Å². The van der Waals surface area contributed by atoms with Gasteiger partial charge >= 0.3 is 5.97 Å². The lowest BCUT2D eigenvalue weighted by Crippen LogP contribution is -2.00. The van der Waals surface area contributed by atoms with Crippen LogP contribution >= 0.6 is 12.6 Å². The van der Waals surface area contributed by atoms with Gasteiger partial charge in [0.2, 0.25) is 0 Å². The quantitative estimate of drug-likeness (QED) is 0.591. The minimum atomic E-state index is -1.01. The Labute approximate surface area is 93.5 Å². The second-order valence-corrected chi connectivity index (χ2v) is 3.00. The summed E-state index contributed by atoms with van der Waals surface area (Å²) in [5, 5.41) is 8.84. The highest BCUT2D eigenvalue weighted by molar-refractivity contribution is 7.80. The molecule has 0 fully saturated rings. The van der Waals surface area contributed by atoms with Crippen molar-refractivity contribution >= 4 is 18.6 Å². The van der Waals surface area contributed by atoms with Gasteiger partial charge in [0.15, 0.2) is 0 Å². The summed E-state index contributed by atoms with van der Waals surface area (Å²) in [6.07, 6.45) is 0. The molecule has 4 heteroatoms. The van der Waals surface area contributed by atoms with Gasteiger partial charge in [-0.1, -0.05) is 11.8 Å². The second kappa shape index (κ2) is 5.32. The van der Waals surface area contributed by atoms with Crippen LogP contribution in [0.15, 0.2) is 18.2 Å². The van der Waals surface area contributed by atoms with Gasteiger partial charge in [-0.3, -0.25) is 0 Å². The Balaban J connectivity index is 3.13. The van der Waals surface area contributed by atoms with E-state index < -0.39 is 5.97 Å². The van der Waals surface area contributed by atoms with E-state index in [-0.39, 0.29) is 5.56 Å². The maximum atomic E-state index is 10.8. The van der Waals surface area contributed by atoms with Crippen molar-refractivity contribution in [2.24, 2.45) is 0 Å². The van der Waals surface area contributed by atoms with Crippen molar-refractivity contribution < 1.29 is 14.6 Å². The first-order chi connectivity index (χ1) is 7.19. The molecule has 0 spiro atoms. The summed E-state index contributed by atoms with van der Waals surface area (Å²) in [4.78, 5) is 10.8. The van der Waals surface area contributed by atoms with Crippen molar-refractivity contribution in [3.05, 3.63) is 29.3 Å². The lowest BCUT2D eigenvalue weighted by molar-refractivity contribution is 0.0693. The standard InChI is InChI=1S/C11H10O3S/c1-14-10-7-8(3-2-6-15)4-5-9(10)11(12)13/h4-5,7,15H,6H2,1H3,(H,12,13). The molecular formula is C11H10O3S. The number of carboxylic acids is 1. The smallest absolute Gasteiger partial charge is 0.339 e. The van der Waals surface area contributed by atoms with E-state index >= 15 is 0 Å². The number of carboxylic acid groups (broad SMARTS) is 1. The molecule has 0 saturated heterocycles. The predicted molar refractivity (Wildman–Crippen MR) is 60.7 cm³/mol. The van der Waals surface area contributed by atoms with Crippen LogP contribution in [-0.4, -0.2) is 23.9 Å². The van der Waals surface area contributed by atoms with E-state index in [2.05, 4.69) is 24.5 Å². The number of methoxy groups -OCH3 is 1. The third-order valence-electron chi connectivity index (χ3n) is 1.74. The van der Waals surface area contributed by atoms with Crippen molar-refractivity contribution in [1.82, 2.24) is 0 Å². The first-order valence-corrected chi connectivity index (χ1v) is 4.83. The van der Waals surface area contributed by atoms with E-state index in [4.69, 9.17) is 9.84 Å². The number of ether oxygens (including phenoxy) is 1. The molecule has 78 valence electrons. The average Bonchev–Trinajstić information content (AvgIpc) is 2.25. The Morgan fingerprint density at radius 1 is 1.60 bits per heavy atom. The fourth-order valence-corrected chi connectivity index (χ4v) is 1.17. The third-order valence-corrected chi connectivity index (χ3v) is 1.90. The van der Waals surface area contributed by atoms with Crippen molar-refractivity contribution in [3.8, 4) is 17.6 Å². The molecule has 0 radical (unpaired) electrons. The van der Waals surface area contributed by atoms with Crippen LogP contribution in [0, 0.1) is 11.8 Å². The fourth-order valence-electron chi connectivity index (χ4n) is 1.09. The highest BCUT2D eigenvalue weighted by atomic mass is 32.1. The maximum Gasteiger partial charge on any atom is 0.339 e. The van der Waals surface area contributed by atoms with Gasteiger partial charge in [-0.2, -0.15) is 12.6 Å². The molecule has 3 nitrogen and oxygen atoms in total. The van der Waals surface area contributed by atoms with Gasteiger partial charge < -0.3 is 9.84 Å². The molecule has 0 heterocycles. The van der Waals surface area contributed by atoms with Gasteiger partial charge in [-0.25, -0.2) is 4.79 Å². The predicted octanol–water partition coefficient (Wildman–Crippen LogP) is 1.67. The van der Waals surface area contributed by atoms with E-state index in [9.17, 15) is 4.79 Å². The Hall–Kier alpha value is -1.60. The Morgan fingerprint density at radius 3 is 2.87 bits per heavy atom. The Kier molecular flexibility index (Phi) is 4.07. The largest absolute Gasteiger partial charge is 0.496 e. The van der Waals surface area contributed by atoms with E-state index in [1.807, 2.05) is 0 Å². The summed E-state index contributed by atoms with van der Waals surface area (Å²) in [5.74, 6) is 5.37. The Morgan fingerprint density at radius 2 is 2.33 bits per heavy atom. The minimum Gasteiger partial charge on any atom is -0.496 e. The molecule has 15 heavy (non-hydrogen) atoms. The molecule has 0 aliphatic carbocycles. The zero-order valence-corrected chi connectivity index (χ0v) is 9.04. The minimum absolute atomic E-state index is 0.133. The van der Waals surface area contributed by atoms with Gasteiger partial charge in [0, 0.05) is 5.56 Å². The van der Waals surface area contributed by atoms with Crippen LogP contribution in [-0.2, 0) is 0 Å². The zero-order valence-electron chi connectivity index (χ0n) is 8.15. The summed E-state index contributed by atoms with van der Waals surface area (Å²) < 4.78 is 4.96. The highest BCUT2D eigenvalue weighted by Crippen LogP contribution is 2.19. The monoisotopic (exact) mass is 222 g/mol. The SMILES string of the molecule is COc1cc(C#CCS)ccc1C(=O)O. The molecule has 0 aliphatic heterocycles. The normalized spacial score (nSPS) is 8.93. The molecular weight excluding hydrogens is 212 g/mol.